The van der Waals surface area contributed by atoms with Gasteiger partial charge in [-0.05, 0) is 0 Å². The van der Waals surface area contributed by atoms with Crippen LogP contribution in [0.15, 0.2) is 24.3 Å². The van der Waals surface area contributed by atoms with Crippen molar-refractivity contribution in [1.82, 2.24) is 9.46 Å². The van der Waals surface area contributed by atoms with Crippen molar-refractivity contribution < 1.29 is 63.5 Å². The van der Waals surface area contributed by atoms with Gasteiger partial charge in [0.05, 0.1) is 38.9 Å². The van der Waals surface area contributed by atoms with Gasteiger partial charge in [-0.15, -0.1) is 9.46 Å². The Labute approximate surface area is 197 Å². The summed E-state index contributed by atoms with van der Waals surface area (Å²) >= 11 is 0. The van der Waals surface area contributed by atoms with E-state index in [9.17, 15) is 39.6 Å². The van der Waals surface area contributed by atoms with Crippen LogP contribution in [0.3, 0.4) is 0 Å². The summed E-state index contributed by atoms with van der Waals surface area (Å²) < 4.78 is 15.8. The van der Waals surface area contributed by atoms with Gasteiger partial charge in [-0.2, -0.15) is 0 Å². The maximum atomic E-state index is 11.6. The highest BCUT2D eigenvalue weighted by Crippen LogP contribution is 2.19. The second-order valence-electron chi connectivity index (χ2n) is 6.67. The summed E-state index contributed by atoms with van der Waals surface area (Å²) in [5.74, 6) is -5.11. The molecule has 0 bridgehead atoms. The zero-order chi connectivity index (χ0) is 25.8. The highest BCUT2D eigenvalue weighted by atomic mass is 16.7. The van der Waals surface area contributed by atoms with Crippen LogP contribution >= 0.6 is 0 Å². The van der Waals surface area contributed by atoms with Crippen LogP contribution in [0.4, 0.5) is 0 Å². The first-order chi connectivity index (χ1) is 16.7. The lowest BCUT2D eigenvalue weighted by Gasteiger charge is -2.08. The SMILES string of the molecule is O=C(CCC(=O)On1c(O)ccc1O)OCCOCCOC(=O)CCC(=O)On1c(O)ccc1O. The van der Waals surface area contributed by atoms with Crippen molar-refractivity contribution in [3.05, 3.63) is 24.3 Å². The van der Waals surface area contributed by atoms with Crippen molar-refractivity contribution in [3.8, 4) is 23.5 Å². The maximum absolute atomic E-state index is 11.6. The predicted octanol–water partition coefficient (Wildman–Crippen LogP) is -0.614. The number of hydrogen-bond acceptors (Lipinski definition) is 13. The number of ether oxygens (including phenoxy) is 3. The number of carbonyl (C=O) groups excluding carboxylic acids is 4. The van der Waals surface area contributed by atoms with E-state index in [2.05, 4.69) is 9.68 Å². The number of nitrogens with zero attached hydrogens (tertiary/aromatic N) is 2. The van der Waals surface area contributed by atoms with Crippen molar-refractivity contribution in [1.29, 1.82) is 0 Å². The normalized spacial score (nSPS) is 10.5. The number of aromatic hydroxyl groups is 4. The number of carbonyl (C=O) groups is 4. The Balaban J connectivity index is 1.46. The Bertz CT molecular complexity index is 907. The molecule has 0 saturated heterocycles. The molecule has 0 aliphatic rings. The summed E-state index contributed by atoms with van der Waals surface area (Å²) in [5.41, 5.74) is 0. The van der Waals surface area contributed by atoms with Gasteiger partial charge in [-0.25, -0.2) is 9.59 Å². The second kappa shape index (κ2) is 13.3. The summed E-state index contributed by atoms with van der Waals surface area (Å²) in [7, 11) is 0. The minimum absolute atomic E-state index is 0.00493. The van der Waals surface area contributed by atoms with Crippen LogP contribution in [0, 0.1) is 0 Å². The first-order valence-corrected chi connectivity index (χ1v) is 10.2. The van der Waals surface area contributed by atoms with Gasteiger partial charge in [0.2, 0.25) is 23.5 Å². The fourth-order valence-electron chi connectivity index (χ4n) is 2.37. The monoisotopic (exact) mass is 500 g/mol. The Hall–Kier alpha value is -4.40. The second-order valence-corrected chi connectivity index (χ2v) is 6.67. The molecule has 2 rings (SSSR count). The van der Waals surface area contributed by atoms with E-state index < -0.39 is 47.4 Å². The molecular formula is C20H24N2O13. The zero-order valence-corrected chi connectivity index (χ0v) is 18.3. The van der Waals surface area contributed by atoms with Crippen molar-refractivity contribution in [2.24, 2.45) is 0 Å². The Morgan fingerprint density at radius 1 is 0.543 bits per heavy atom. The summed E-state index contributed by atoms with van der Waals surface area (Å²) in [6.07, 6.45) is -1.31. The molecule has 0 fully saturated rings. The van der Waals surface area contributed by atoms with Crippen LogP contribution in [-0.2, 0) is 33.4 Å². The van der Waals surface area contributed by atoms with Gasteiger partial charge in [-0.1, -0.05) is 0 Å². The number of hydrogen-bond donors (Lipinski definition) is 4. The molecule has 2 aromatic heterocycles. The third-order valence-electron chi connectivity index (χ3n) is 4.03. The van der Waals surface area contributed by atoms with E-state index in [1.807, 2.05) is 0 Å². The average molecular weight is 500 g/mol. The van der Waals surface area contributed by atoms with Gasteiger partial charge >= 0.3 is 23.9 Å². The molecule has 15 heteroatoms. The lowest BCUT2D eigenvalue weighted by molar-refractivity contribution is -0.153. The van der Waals surface area contributed by atoms with Gasteiger partial charge in [-0.3, -0.25) is 9.59 Å². The molecule has 0 radical (unpaired) electrons. The number of esters is 2. The third-order valence-corrected chi connectivity index (χ3v) is 4.03. The molecule has 0 saturated carbocycles. The van der Waals surface area contributed by atoms with E-state index in [0.717, 1.165) is 24.3 Å². The maximum Gasteiger partial charge on any atom is 0.333 e. The molecular weight excluding hydrogens is 476 g/mol. The van der Waals surface area contributed by atoms with Gasteiger partial charge in [0.25, 0.3) is 0 Å². The predicted molar refractivity (Wildman–Crippen MR) is 110 cm³/mol. The molecule has 0 aromatic carbocycles. The van der Waals surface area contributed by atoms with Gasteiger partial charge in [0, 0.05) is 24.3 Å². The van der Waals surface area contributed by atoms with Crippen LogP contribution in [-0.4, -0.2) is 80.2 Å². The molecule has 4 N–H and O–H groups in total. The van der Waals surface area contributed by atoms with E-state index in [4.69, 9.17) is 14.2 Å². The molecule has 0 aliphatic heterocycles. The molecule has 0 atom stereocenters. The topological polar surface area (TPSA) is 205 Å². The number of aromatic nitrogens is 2. The minimum atomic E-state index is -0.879. The largest absolute Gasteiger partial charge is 0.492 e. The van der Waals surface area contributed by atoms with E-state index in [1.165, 1.54) is 0 Å². The Morgan fingerprint density at radius 2 is 0.857 bits per heavy atom. The molecule has 192 valence electrons. The first-order valence-electron chi connectivity index (χ1n) is 10.2. The van der Waals surface area contributed by atoms with Crippen molar-refractivity contribution in [2.75, 3.05) is 26.4 Å². The van der Waals surface area contributed by atoms with Gasteiger partial charge in [0.15, 0.2) is 0 Å². The van der Waals surface area contributed by atoms with Crippen LogP contribution < -0.4 is 9.68 Å². The standard InChI is InChI=1S/C20H24N2O13/c23-13-1-2-14(24)21(13)34-19(29)7-5-17(27)32-11-9-31-10-12-33-18(28)6-8-20(30)35-22-15(25)3-4-16(22)26/h1-4,23-26H,5-12H2. The Morgan fingerprint density at radius 3 is 1.20 bits per heavy atom. The van der Waals surface area contributed by atoms with Crippen LogP contribution in [0.5, 0.6) is 23.5 Å². The molecule has 35 heavy (non-hydrogen) atoms. The van der Waals surface area contributed by atoms with E-state index in [0.29, 0.717) is 9.46 Å². The van der Waals surface area contributed by atoms with Crippen LogP contribution in [0.1, 0.15) is 25.7 Å². The lowest BCUT2D eigenvalue weighted by Crippen LogP contribution is -2.21. The van der Waals surface area contributed by atoms with Crippen LogP contribution in [0.25, 0.3) is 0 Å². The average Bonchev–Trinajstić information content (AvgIpc) is 3.31. The molecule has 15 nitrogen and oxygen atoms in total. The third kappa shape index (κ3) is 9.17. The molecule has 0 aliphatic carbocycles. The summed E-state index contributed by atoms with van der Waals surface area (Å²) in [6, 6.07) is 4.45. The van der Waals surface area contributed by atoms with E-state index in [-0.39, 0.29) is 52.1 Å². The van der Waals surface area contributed by atoms with Crippen molar-refractivity contribution in [2.45, 2.75) is 25.7 Å². The molecule has 2 heterocycles. The minimum Gasteiger partial charge on any atom is -0.492 e. The molecule has 0 unspecified atom stereocenters. The quantitative estimate of drug-likeness (QED) is 0.189. The van der Waals surface area contributed by atoms with Gasteiger partial charge < -0.3 is 44.3 Å². The number of rotatable bonds is 14. The van der Waals surface area contributed by atoms with E-state index in [1.54, 1.807) is 0 Å². The summed E-state index contributed by atoms with van der Waals surface area (Å²) in [4.78, 5) is 55.8. The Kier molecular flexibility index (Phi) is 10.2. The van der Waals surface area contributed by atoms with Crippen molar-refractivity contribution >= 4 is 23.9 Å². The first kappa shape index (κ1) is 26.8. The smallest absolute Gasteiger partial charge is 0.333 e. The molecule has 0 amide bonds. The van der Waals surface area contributed by atoms with Crippen molar-refractivity contribution in [3.63, 3.8) is 0 Å². The summed E-state index contributed by atoms with van der Waals surface area (Å²) in [5, 5.41) is 37.4. The molecule has 0 spiro atoms. The lowest BCUT2D eigenvalue weighted by atomic mass is 10.3. The summed E-state index contributed by atoms with van der Waals surface area (Å²) in [6.45, 7) is -0.248. The zero-order valence-electron chi connectivity index (χ0n) is 18.3. The fraction of sp³-hybridized carbons (Fsp3) is 0.400. The highest BCUT2D eigenvalue weighted by Gasteiger charge is 2.15. The van der Waals surface area contributed by atoms with Gasteiger partial charge in [0.1, 0.15) is 13.2 Å². The van der Waals surface area contributed by atoms with Crippen LogP contribution in [0.2, 0.25) is 0 Å². The van der Waals surface area contributed by atoms with E-state index >= 15 is 0 Å². The fourth-order valence-corrected chi connectivity index (χ4v) is 2.37. The highest BCUT2D eigenvalue weighted by molar-refractivity contribution is 5.78. The molecule has 2 aromatic rings.